The number of nitrogens with zero attached hydrogens (tertiary/aromatic N) is 3. The van der Waals surface area contributed by atoms with Crippen LogP contribution in [0.4, 0.5) is 0 Å². The van der Waals surface area contributed by atoms with E-state index >= 15 is 0 Å². The Labute approximate surface area is 74.9 Å². The summed E-state index contributed by atoms with van der Waals surface area (Å²) in [6.45, 7) is 3.87. The number of fused-ring (bicyclic) bond motifs is 1. The molecule has 2 rings (SSSR count). The highest BCUT2D eigenvalue weighted by Gasteiger charge is 1.98. The van der Waals surface area contributed by atoms with Gasteiger partial charge in [-0.25, -0.2) is 4.52 Å². The lowest BCUT2D eigenvalue weighted by molar-refractivity contribution is 0.857. The SMILES string of the molecule is Cc1cc2nc(=O)ccn2nc1C. The van der Waals surface area contributed by atoms with Crippen molar-refractivity contribution in [3.8, 4) is 0 Å². The average Bonchev–Trinajstić information content (AvgIpc) is 2.08. The van der Waals surface area contributed by atoms with Gasteiger partial charge in [0.2, 0.25) is 0 Å². The van der Waals surface area contributed by atoms with Crippen molar-refractivity contribution < 1.29 is 0 Å². The van der Waals surface area contributed by atoms with Gasteiger partial charge in [0.25, 0.3) is 5.56 Å². The largest absolute Gasteiger partial charge is 0.273 e. The molecule has 0 fully saturated rings. The van der Waals surface area contributed by atoms with Crippen LogP contribution in [0.25, 0.3) is 5.65 Å². The molecule has 4 nitrogen and oxygen atoms in total. The highest BCUT2D eigenvalue weighted by atomic mass is 16.1. The lowest BCUT2D eigenvalue weighted by Gasteiger charge is -2.02. The summed E-state index contributed by atoms with van der Waals surface area (Å²) in [7, 11) is 0. The average molecular weight is 175 g/mol. The van der Waals surface area contributed by atoms with E-state index in [1.807, 2.05) is 19.9 Å². The van der Waals surface area contributed by atoms with E-state index in [-0.39, 0.29) is 5.56 Å². The van der Waals surface area contributed by atoms with E-state index in [4.69, 9.17) is 0 Å². The van der Waals surface area contributed by atoms with Crippen LogP contribution in [0.1, 0.15) is 11.3 Å². The van der Waals surface area contributed by atoms with Crippen LogP contribution < -0.4 is 5.56 Å². The second-order valence-electron chi connectivity index (χ2n) is 2.98. The first-order valence-corrected chi connectivity index (χ1v) is 4.01. The van der Waals surface area contributed by atoms with Crippen LogP contribution in [0.2, 0.25) is 0 Å². The minimum absolute atomic E-state index is 0.231. The number of aromatic nitrogens is 3. The summed E-state index contributed by atoms with van der Waals surface area (Å²) in [5.74, 6) is 0. The second-order valence-corrected chi connectivity index (χ2v) is 2.98. The summed E-state index contributed by atoms with van der Waals surface area (Å²) in [6.07, 6.45) is 1.62. The molecule has 0 saturated heterocycles. The third-order valence-corrected chi connectivity index (χ3v) is 1.99. The molecule has 2 aromatic rings. The van der Waals surface area contributed by atoms with Gasteiger partial charge in [-0.15, -0.1) is 0 Å². The van der Waals surface area contributed by atoms with E-state index in [2.05, 4.69) is 10.1 Å². The molecule has 0 aliphatic rings. The van der Waals surface area contributed by atoms with Crippen LogP contribution in [0.5, 0.6) is 0 Å². The summed E-state index contributed by atoms with van der Waals surface area (Å²) in [6, 6.07) is 3.25. The fourth-order valence-corrected chi connectivity index (χ4v) is 1.13. The predicted octanol–water partition coefficient (Wildman–Crippen LogP) is 0.706. The maximum Gasteiger partial charge on any atom is 0.273 e. The first-order valence-electron chi connectivity index (χ1n) is 4.01. The Kier molecular flexibility index (Phi) is 1.62. The van der Waals surface area contributed by atoms with Crippen molar-refractivity contribution in [1.29, 1.82) is 0 Å². The summed E-state index contributed by atoms with van der Waals surface area (Å²) in [4.78, 5) is 14.7. The molecule has 0 radical (unpaired) electrons. The second kappa shape index (κ2) is 2.65. The van der Waals surface area contributed by atoms with Crippen LogP contribution in [0.3, 0.4) is 0 Å². The highest BCUT2D eigenvalue weighted by Crippen LogP contribution is 2.04. The fraction of sp³-hybridized carbons (Fsp3) is 0.222. The van der Waals surface area contributed by atoms with Crippen LogP contribution >= 0.6 is 0 Å². The summed E-state index contributed by atoms with van der Waals surface area (Å²) >= 11 is 0. The lowest BCUT2D eigenvalue weighted by Crippen LogP contribution is -2.09. The van der Waals surface area contributed by atoms with E-state index in [9.17, 15) is 4.79 Å². The summed E-state index contributed by atoms with van der Waals surface area (Å²) in [5, 5.41) is 4.23. The quantitative estimate of drug-likeness (QED) is 0.592. The van der Waals surface area contributed by atoms with Crippen molar-refractivity contribution in [3.63, 3.8) is 0 Å². The van der Waals surface area contributed by atoms with Crippen LogP contribution in [-0.2, 0) is 0 Å². The van der Waals surface area contributed by atoms with Gasteiger partial charge in [0.1, 0.15) is 0 Å². The summed E-state index contributed by atoms with van der Waals surface area (Å²) < 4.78 is 1.60. The molecule has 0 spiro atoms. The molecular weight excluding hydrogens is 166 g/mol. The Balaban J connectivity index is 2.89. The molecule has 0 aliphatic heterocycles. The molecule has 0 bridgehead atoms. The van der Waals surface area contributed by atoms with Crippen molar-refractivity contribution in [2.24, 2.45) is 0 Å². The van der Waals surface area contributed by atoms with Gasteiger partial charge in [-0.1, -0.05) is 0 Å². The van der Waals surface area contributed by atoms with Crippen molar-refractivity contribution in [3.05, 3.63) is 39.9 Å². The van der Waals surface area contributed by atoms with Gasteiger partial charge in [-0.2, -0.15) is 10.1 Å². The molecule has 0 N–H and O–H groups in total. The molecule has 0 saturated carbocycles. The summed E-state index contributed by atoms with van der Waals surface area (Å²) in [5.41, 5.74) is 2.34. The zero-order valence-corrected chi connectivity index (χ0v) is 7.48. The van der Waals surface area contributed by atoms with Gasteiger partial charge < -0.3 is 0 Å². The molecule has 0 amide bonds. The van der Waals surface area contributed by atoms with E-state index in [1.54, 1.807) is 10.7 Å². The Morgan fingerprint density at radius 1 is 1.38 bits per heavy atom. The van der Waals surface area contributed by atoms with Gasteiger partial charge in [-0.05, 0) is 25.5 Å². The van der Waals surface area contributed by atoms with Crippen molar-refractivity contribution >= 4 is 5.65 Å². The smallest absolute Gasteiger partial charge is 0.267 e. The number of rotatable bonds is 0. The number of aryl methyl sites for hydroxylation is 2. The molecule has 2 heterocycles. The monoisotopic (exact) mass is 175 g/mol. The zero-order chi connectivity index (χ0) is 9.42. The Morgan fingerprint density at radius 2 is 2.15 bits per heavy atom. The van der Waals surface area contributed by atoms with E-state index in [0.29, 0.717) is 5.65 Å². The first kappa shape index (κ1) is 7.91. The number of hydrogen-bond donors (Lipinski definition) is 0. The Morgan fingerprint density at radius 3 is 2.92 bits per heavy atom. The van der Waals surface area contributed by atoms with Crippen LogP contribution in [-0.4, -0.2) is 14.6 Å². The predicted molar refractivity (Wildman–Crippen MR) is 48.7 cm³/mol. The Bertz CT molecular complexity index is 516. The lowest BCUT2D eigenvalue weighted by atomic mass is 10.2. The van der Waals surface area contributed by atoms with Crippen molar-refractivity contribution in [2.45, 2.75) is 13.8 Å². The fourth-order valence-electron chi connectivity index (χ4n) is 1.13. The minimum Gasteiger partial charge on any atom is -0.267 e. The van der Waals surface area contributed by atoms with Gasteiger partial charge >= 0.3 is 0 Å². The molecule has 13 heavy (non-hydrogen) atoms. The molecular formula is C9H9N3O. The maximum absolute atomic E-state index is 10.9. The molecule has 0 atom stereocenters. The van der Waals surface area contributed by atoms with Gasteiger partial charge in [0, 0.05) is 12.3 Å². The van der Waals surface area contributed by atoms with Gasteiger partial charge in [0.05, 0.1) is 5.69 Å². The van der Waals surface area contributed by atoms with E-state index in [0.717, 1.165) is 11.3 Å². The molecule has 0 aliphatic carbocycles. The third-order valence-electron chi connectivity index (χ3n) is 1.99. The topological polar surface area (TPSA) is 47.3 Å². The molecule has 4 heteroatoms. The van der Waals surface area contributed by atoms with Gasteiger partial charge in [0.15, 0.2) is 5.65 Å². The molecule has 2 aromatic heterocycles. The zero-order valence-electron chi connectivity index (χ0n) is 7.48. The van der Waals surface area contributed by atoms with Crippen LogP contribution in [0, 0.1) is 13.8 Å². The van der Waals surface area contributed by atoms with E-state index < -0.39 is 0 Å². The van der Waals surface area contributed by atoms with Crippen LogP contribution in [0.15, 0.2) is 23.1 Å². The third kappa shape index (κ3) is 1.30. The standard InChI is InChI=1S/C9H9N3O/c1-6-5-8-10-9(13)3-4-12(8)11-7(6)2/h3-5H,1-2H3. The molecule has 0 aromatic carbocycles. The first-order chi connectivity index (χ1) is 6.16. The molecule has 0 unspecified atom stereocenters. The van der Waals surface area contributed by atoms with Gasteiger partial charge in [-0.3, -0.25) is 4.79 Å². The Hall–Kier alpha value is -1.71. The van der Waals surface area contributed by atoms with Crippen molar-refractivity contribution in [1.82, 2.24) is 14.6 Å². The van der Waals surface area contributed by atoms with Crippen molar-refractivity contribution in [2.75, 3.05) is 0 Å². The highest BCUT2D eigenvalue weighted by molar-refractivity contribution is 5.39. The normalized spacial score (nSPS) is 10.6. The van der Waals surface area contributed by atoms with E-state index in [1.165, 1.54) is 6.07 Å². The number of hydrogen-bond acceptors (Lipinski definition) is 3. The minimum atomic E-state index is -0.231. The molecule has 66 valence electrons. The maximum atomic E-state index is 10.9.